The predicted octanol–water partition coefficient (Wildman–Crippen LogP) is 14.1. The lowest BCUT2D eigenvalue weighted by molar-refractivity contribution is -0.154. The number of carbonyl (C=O) groups excluding carboxylic acids is 1. The van der Waals surface area contributed by atoms with Crippen LogP contribution in [0.25, 0.3) is 0 Å². The van der Waals surface area contributed by atoms with Gasteiger partial charge in [-0.15, -0.1) is 0 Å². The average Bonchev–Trinajstić information content (AvgIpc) is 3.11. The molecule has 0 amide bonds. The lowest BCUT2D eigenvalue weighted by atomic mass is 10.0. The van der Waals surface area contributed by atoms with Crippen LogP contribution in [-0.2, 0) is 14.3 Å². The van der Waals surface area contributed by atoms with Crippen LogP contribution in [0.2, 0.25) is 0 Å². The van der Waals surface area contributed by atoms with Crippen molar-refractivity contribution in [2.75, 3.05) is 19.8 Å². The maximum absolute atomic E-state index is 12.1. The second-order valence-corrected chi connectivity index (χ2v) is 14.4. The minimum atomic E-state index is -0.536. The highest BCUT2D eigenvalue weighted by Gasteiger charge is 2.13. The van der Waals surface area contributed by atoms with Crippen molar-refractivity contribution in [1.82, 2.24) is 0 Å². The van der Waals surface area contributed by atoms with E-state index in [1.165, 1.54) is 173 Å². The first-order valence-electron chi connectivity index (χ1n) is 21.6. The second kappa shape index (κ2) is 42.8. The van der Waals surface area contributed by atoms with Crippen molar-refractivity contribution in [2.45, 2.75) is 225 Å². The van der Waals surface area contributed by atoms with Gasteiger partial charge in [-0.1, -0.05) is 185 Å². The molecule has 0 spiro atoms. The Morgan fingerprint density at radius 2 is 0.878 bits per heavy atom. The zero-order chi connectivity index (χ0) is 35.6. The van der Waals surface area contributed by atoms with E-state index >= 15 is 0 Å². The molecule has 1 unspecified atom stereocenters. The topological polar surface area (TPSA) is 55.8 Å². The number of carbonyl (C=O) groups is 1. The summed E-state index contributed by atoms with van der Waals surface area (Å²) in [5.74, 6) is -0.210. The van der Waals surface area contributed by atoms with E-state index in [4.69, 9.17) is 9.47 Å². The molecule has 0 fully saturated rings. The van der Waals surface area contributed by atoms with Gasteiger partial charge in [0.1, 0.15) is 6.10 Å². The molecule has 1 N–H and O–H groups in total. The quantitative estimate of drug-likeness (QED) is 0.0395. The van der Waals surface area contributed by atoms with Crippen LogP contribution in [0, 0.1) is 0 Å². The summed E-state index contributed by atoms with van der Waals surface area (Å²) in [5.41, 5.74) is 0. The summed E-state index contributed by atoms with van der Waals surface area (Å²) in [4.78, 5) is 12.1. The standard InChI is InChI=1S/C45H84O4/c1-3-5-7-9-11-13-15-16-17-18-19-20-21-22-23-24-25-26-27-28-29-31-33-35-37-39-41-48-43-44(42-46)49-45(47)40-38-36-34-32-30-14-12-10-8-6-4-2/h10,12,15-16,18-19,44,46H,3-9,11,13-14,17,20-43H2,1-2H3/b12-10-,16-15-,19-18-. The number of ether oxygens (including phenoxy) is 2. The Labute approximate surface area is 306 Å². The number of hydrogen-bond donors (Lipinski definition) is 1. The first-order valence-corrected chi connectivity index (χ1v) is 21.6. The molecule has 0 rings (SSSR count). The van der Waals surface area contributed by atoms with Crippen LogP contribution in [0.15, 0.2) is 36.5 Å². The summed E-state index contributed by atoms with van der Waals surface area (Å²) in [6, 6.07) is 0. The van der Waals surface area contributed by atoms with E-state index in [9.17, 15) is 9.90 Å². The third-order valence-electron chi connectivity index (χ3n) is 9.44. The fourth-order valence-corrected chi connectivity index (χ4v) is 6.16. The summed E-state index contributed by atoms with van der Waals surface area (Å²) in [6.07, 6.45) is 53.6. The van der Waals surface area contributed by atoms with Gasteiger partial charge in [0.2, 0.25) is 0 Å². The van der Waals surface area contributed by atoms with Gasteiger partial charge in [-0.3, -0.25) is 4.79 Å². The van der Waals surface area contributed by atoms with Gasteiger partial charge in [0.25, 0.3) is 0 Å². The van der Waals surface area contributed by atoms with Gasteiger partial charge in [0.15, 0.2) is 0 Å². The zero-order valence-corrected chi connectivity index (χ0v) is 33.0. The lowest BCUT2D eigenvalue weighted by Crippen LogP contribution is -2.27. The van der Waals surface area contributed by atoms with E-state index in [-0.39, 0.29) is 12.6 Å². The lowest BCUT2D eigenvalue weighted by Gasteiger charge is -2.15. The SMILES string of the molecule is CCCC/C=C\CCCCCCCC(=O)OC(CO)COCCCCCCCCCCCCCCCC/C=C\C/C=C\CCCCCCC. The number of aliphatic hydroxyl groups is 1. The molecule has 0 aliphatic rings. The van der Waals surface area contributed by atoms with Gasteiger partial charge in [-0.25, -0.2) is 0 Å². The number of aliphatic hydroxyl groups excluding tert-OH is 1. The third kappa shape index (κ3) is 40.9. The van der Waals surface area contributed by atoms with Gasteiger partial charge in [-0.05, 0) is 64.2 Å². The molecule has 0 aromatic carbocycles. The fraction of sp³-hybridized carbons (Fsp3) is 0.844. The first kappa shape index (κ1) is 47.6. The van der Waals surface area contributed by atoms with Crippen molar-refractivity contribution >= 4 is 5.97 Å². The third-order valence-corrected chi connectivity index (χ3v) is 9.44. The number of hydrogen-bond acceptors (Lipinski definition) is 4. The molecule has 0 aromatic rings. The Morgan fingerprint density at radius 1 is 0.490 bits per heavy atom. The summed E-state index contributed by atoms with van der Waals surface area (Å²) in [7, 11) is 0. The second-order valence-electron chi connectivity index (χ2n) is 14.4. The van der Waals surface area contributed by atoms with Crippen LogP contribution in [0.3, 0.4) is 0 Å². The molecule has 0 aliphatic carbocycles. The summed E-state index contributed by atoms with van der Waals surface area (Å²) < 4.78 is 11.1. The predicted molar refractivity (Wildman–Crippen MR) is 214 cm³/mol. The van der Waals surface area contributed by atoms with Crippen LogP contribution < -0.4 is 0 Å². The molecule has 0 heterocycles. The minimum Gasteiger partial charge on any atom is -0.457 e. The van der Waals surface area contributed by atoms with Gasteiger partial charge in [0, 0.05) is 13.0 Å². The van der Waals surface area contributed by atoms with Gasteiger partial charge >= 0.3 is 5.97 Å². The van der Waals surface area contributed by atoms with Gasteiger partial charge < -0.3 is 14.6 Å². The molecular formula is C45H84O4. The van der Waals surface area contributed by atoms with E-state index in [1.54, 1.807) is 0 Å². The van der Waals surface area contributed by atoms with E-state index in [2.05, 4.69) is 50.3 Å². The average molecular weight is 689 g/mol. The van der Waals surface area contributed by atoms with Crippen molar-refractivity contribution in [1.29, 1.82) is 0 Å². The van der Waals surface area contributed by atoms with Crippen molar-refractivity contribution in [3.8, 4) is 0 Å². The Hall–Kier alpha value is -1.39. The number of esters is 1. The minimum absolute atomic E-state index is 0.173. The summed E-state index contributed by atoms with van der Waals surface area (Å²) in [5, 5.41) is 9.57. The van der Waals surface area contributed by atoms with Gasteiger partial charge in [0.05, 0.1) is 13.2 Å². The van der Waals surface area contributed by atoms with Crippen molar-refractivity contribution in [2.24, 2.45) is 0 Å². The molecule has 49 heavy (non-hydrogen) atoms. The molecule has 288 valence electrons. The smallest absolute Gasteiger partial charge is 0.306 e. The largest absolute Gasteiger partial charge is 0.457 e. The number of rotatable bonds is 40. The highest BCUT2D eigenvalue weighted by atomic mass is 16.6. The monoisotopic (exact) mass is 689 g/mol. The number of allylic oxidation sites excluding steroid dienone is 6. The molecule has 0 aromatic heterocycles. The first-order chi connectivity index (χ1) is 24.2. The molecule has 0 bridgehead atoms. The highest BCUT2D eigenvalue weighted by molar-refractivity contribution is 5.69. The Kier molecular flexibility index (Phi) is 41.6. The summed E-state index contributed by atoms with van der Waals surface area (Å²) >= 11 is 0. The fourth-order valence-electron chi connectivity index (χ4n) is 6.16. The zero-order valence-electron chi connectivity index (χ0n) is 33.0. The van der Waals surface area contributed by atoms with Crippen molar-refractivity contribution in [3.05, 3.63) is 36.5 Å². The van der Waals surface area contributed by atoms with E-state index in [0.29, 0.717) is 19.6 Å². The van der Waals surface area contributed by atoms with Crippen LogP contribution >= 0.6 is 0 Å². The summed E-state index contributed by atoms with van der Waals surface area (Å²) in [6.45, 7) is 5.30. The molecule has 1 atom stereocenters. The normalized spacial score (nSPS) is 12.6. The van der Waals surface area contributed by atoms with Crippen LogP contribution in [0.4, 0.5) is 0 Å². The number of unbranched alkanes of at least 4 members (excludes halogenated alkanes) is 26. The molecule has 4 heteroatoms. The Bertz CT molecular complexity index is 728. The molecule has 0 saturated carbocycles. The molecule has 0 radical (unpaired) electrons. The molecule has 0 saturated heterocycles. The van der Waals surface area contributed by atoms with Crippen molar-refractivity contribution < 1.29 is 19.4 Å². The maximum atomic E-state index is 12.1. The molecule has 4 nitrogen and oxygen atoms in total. The molecular weight excluding hydrogens is 604 g/mol. The van der Waals surface area contributed by atoms with Crippen molar-refractivity contribution in [3.63, 3.8) is 0 Å². The van der Waals surface area contributed by atoms with Crippen LogP contribution in [-0.4, -0.2) is 37.0 Å². The van der Waals surface area contributed by atoms with Crippen LogP contribution in [0.5, 0.6) is 0 Å². The maximum Gasteiger partial charge on any atom is 0.306 e. The Balaban J connectivity index is 3.37. The van der Waals surface area contributed by atoms with E-state index < -0.39 is 6.10 Å². The van der Waals surface area contributed by atoms with E-state index in [0.717, 1.165) is 25.7 Å². The highest BCUT2D eigenvalue weighted by Crippen LogP contribution is 2.14. The Morgan fingerprint density at radius 3 is 1.35 bits per heavy atom. The van der Waals surface area contributed by atoms with E-state index in [1.807, 2.05) is 0 Å². The van der Waals surface area contributed by atoms with Gasteiger partial charge in [-0.2, -0.15) is 0 Å². The van der Waals surface area contributed by atoms with Crippen LogP contribution in [0.1, 0.15) is 219 Å². The molecule has 0 aliphatic heterocycles.